The Labute approximate surface area is 227 Å². The van der Waals surface area contributed by atoms with Crippen LogP contribution in [0.5, 0.6) is 0 Å². The number of hydrogen-bond acceptors (Lipinski definition) is 11. The summed E-state index contributed by atoms with van der Waals surface area (Å²) in [4.78, 5) is 20.1. The standard InChI is InChI=1S/C15H23NO3S.C11H17NO4S/c1-5-6-7-13-16-14-10(3)9(2)12(8-18-11(4)17)19-15(14)20-13;1-2-3-4-7-12-8-10(15)9(14)6(5-13)16-11(8)17-7/h5,9-10,12,14-15H,1,6-8H2,2-4H3;2,6,8-11,13-15H,1,3-5H2/t9-,10-,12+,14?,15?;6-,8?,9-,10-,11?/m01/s1. The topological polar surface area (TPSA) is 130 Å². The van der Waals surface area contributed by atoms with Crippen molar-refractivity contribution < 1.29 is 34.3 Å². The maximum atomic E-state index is 11.0. The van der Waals surface area contributed by atoms with Crippen LogP contribution in [0.2, 0.25) is 0 Å². The lowest BCUT2D eigenvalue weighted by Gasteiger charge is -2.40. The number of aliphatic imine (C=N–C) groups is 2. The average Bonchev–Trinajstić information content (AvgIpc) is 3.49. The van der Waals surface area contributed by atoms with Crippen molar-refractivity contribution in [1.82, 2.24) is 0 Å². The quantitative estimate of drug-likeness (QED) is 0.290. The van der Waals surface area contributed by atoms with Crippen molar-refractivity contribution in [3.63, 3.8) is 0 Å². The van der Waals surface area contributed by atoms with Crippen LogP contribution in [0.3, 0.4) is 0 Å². The first kappa shape index (κ1) is 30.3. The molecular formula is C26H40N2O7S2. The van der Waals surface area contributed by atoms with E-state index < -0.39 is 24.4 Å². The molecule has 0 aromatic heterocycles. The first-order valence-corrected chi connectivity index (χ1v) is 14.6. The van der Waals surface area contributed by atoms with Crippen molar-refractivity contribution in [2.24, 2.45) is 21.8 Å². The second-order valence-electron chi connectivity index (χ2n) is 9.69. The number of thioether (sulfide) groups is 2. The number of esters is 1. The summed E-state index contributed by atoms with van der Waals surface area (Å²) in [5, 5.41) is 30.7. The lowest BCUT2D eigenvalue weighted by molar-refractivity contribution is -0.164. The largest absolute Gasteiger partial charge is 0.463 e. The summed E-state index contributed by atoms with van der Waals surface area (Å²) in [6.07, 6.45) is 4.42. The van der Waals surface area contributed by atoms with Crippen molar-refractivity contribution in [2.75, 3.05) is 13.2 Å². The van der Waals surface area contributed by atoms with E-state index >= 15 is 0 Å². The number of allylic oxidation sites excluding steroid dienone is 2. The zero-order valence-corrected chi connectivity index (χ0v) is 23.4. The molecule has 3 N–H and O–H groups in total. The molecule has 0 amide bonds. The second kappa shape index (κ2) is 14.3. The van der Waals surface area contributed by atoms with E-state index in [1.54, 1.807) is 11.8 Å². The lowest BCUT2D eigenvalue weighted by Crippen LogP contribution is -2.55. The van der Waals surface area contributed by atoms with Crippen LogP contribution in [0.25, 0.3) is 0 Å². The number of hydrogen-bond donors (Lipinski definition) is 3. The number of carbonyl (C=O) groups excluding carboxylic acids is 1. The van der Waals surface area contributed by atoms with E-state index in [0.717, 1.165) is 35.8 Å². The predicted octanol–water partition coefficient (Wildman–Crippen LogP) is 2.93. The molecule has 208 valence electrons. The molecule has 0 spiro atoms. The highest BCUT2D eigenvalue weighted by molar-refractivity contribution is 8.14. The van der Waals surface area contributed by atoms with Gasteiger partial charge in [0.1, 0.15) is 41.8 Å². The maximum Gasteiger partial charge on any atom is 0.302 e. The van der Waals surface area contributed by atoms with Gasteiger partial charge in [0.2, 0.25) is 0 Å². The van der Waals surface area contributed by atoms with Crippen LogP contribution >= 0.6 is 23.5 Å². The number of fused-ring (bicyclic) bond motifs is 2. The molecule has 4 heterocycles. The van der Waals surface area contributed by atoms with Crippen LogP contribution in [0.1, 0.15) is 46.5 Å². The van der Waals surface area contributed by atoms with Gasteiger partial charge >= 0.3 is 5.97 Å². The van der Waals surface area contributed by atoms with Crippen LogP contribution in [-0.4, -0.2) is 92.0 Å². The Morgan fingerprint density at radius 3 is 2.03 bits per heavy atom. The van der Waals surface area contributed by atoms with Gasteiger partial charge in [0.05, 0.1) is 28.8 Å². The fourth-order valence-corrected chi connectivity index (χ4v) is 7.18. The zero-order valence-electron chi connectivity index (χ0n) is 21.8. The van der Waals surface area contributed by atoms with Crippen molar-refractivity contribution >= 4 is 39.6 Å². The Morgan fingerprint density at radius 1 is 0.946 bits per heavy atom. The maximum absolute atomic E-state index is 11.0. The van der Waals surface area contributed by atoms with Crippen LogP contribution in [-0.2, 0) is 19.0 Å². The molecule has 0 aromatic carbocycles. The Bertz CT molecular complexity index is 870. The zero-order chi connectivity index (χ0) is 27.1. The van der Waals surface area contributed by atoms with Gasteiger partial charge < -0.3 is 29.5 Å². The number of carbonyl (C=O) groups is 1. The minimum absolute atomic E-state index is 0.0309. The Kier molecular flexibility index (Phi) is 11.7. The lowest BCUT2D eigenvalue weighted by atomic mass is 9.83. The summed E-state index contributed by atoms with van der Waals surface area (Å²) in [6, 6.07) is -0.207. The molecule has 9 nitrogen and oxygen atoms in total. The minimum Gasteiger partial charge on any atom is -0.463 e. The highest BCUT2D eigenvalue weighted by Gasteiger charge is 2.48. The Balaban J connectivity index is 0.000000208. The van der Waals surface area contributed by atoms with Gasteiger partial charge in [-0.3, -0.25) is 14.8 Å². The van der Waals surface area contributed by atoms with Crippen LogP contribution < -0.4 is 0 Å². The summed E-state index contributed by atoms with van der Waals surface area (Å²) in [7, 11) is 0. The fraction of sp³-hybridized carbons (Fsp3) is 0.731. The second-order valence-corrected chi connectivity index (χ2v) is 12.0. The smallest absolute Gasteiger partial charge is 0.302 e. The van der Waals surface area contributed by atoms with Gasteiger partial charge in [-0.05, 0) is 37.5 Å². The third kappa shape index (κ3) is 7.68. The average molecular weight is 557 g/mol. The minimum atomic E-state index is -1.08. The predicted molar refractivity (Wildman–Crippen MR) is 148 cm³/mol. The van der Waals surface area contributed by atoms with Crippen molar-refractivity contribution in [3.8, 4) is 0 Å². The molecule has 4 rings (SSSR count). The summed E-state index contributed by atoms with van der Waals surface area (Å²) in [6.45, 7) is 13.2. The van der Waals surface area contributed by atoms with Gasteiger partial charge in [-0.25, -0.2) is 0 Å². The third-order valence-electron chi connectivity index (χ3n) is 7.06. The molecular weight excluding hydrogens is 516 g/mol. The molecule has 0 bridgehead atoms. The number of rotatable bonds is 9. The van der Waals surface area contributed by atoms with Crippen molar-refractivity contribution in [2.45, 2.75) is 93.8 Å². The van der Waals surface area contributed by atoms with E-state index in [2.05, 4.69) is 32.0 Å². The van der Waals surface area contributed by atoms with Gasteiger partial charge in [-0.2, -0.15) is 0 Å². The van der Waals surface area contributed by atoms with Gasteiger partial charge in [0.15, 0.2) is 0 Å². The molecule has 0 aromatic rings. The van der Waals surface area contributed by atoms with Crippen LogP contribution in [0.15, 0.2) is 35.3 Å². The van der Waals surface area contributed by atoms with E-state index in [0.29, 0.717) is 18.4 Å². The van der Waals surface area contributed by atoms with Gasteiger partial charge in [-0.15, -0.1) is 13.2 Å². The Hall–Kier alpha value is -1.21. The molecule has 0 aliphatic carbocycles. The molecule has 37 heavy (non-hydrogen) atoms. The third-order valence-corrected chi connectivity index (χ3v) is 9.46. The molecule has 2 saturated heterocycles. The van der Waals surface area contributed by atoms with Gasteiger partial charge in [-0.1, -0.05) is 49.5 Å². The molecule has 4 aliphatic rings. The molecule has 2 fully saturated rings. The summed E-state index contributed by atoms with van der Waals surface area (Å²) in [5.41, 5.74) is -0.230. The van der Waals surface area contributed by atoms with Crippen LogP contribution in [0, 0.1) is 11.8 Å². The first-order chi connectivity index (χ1) is 17.7. The van der Waals surface area contributed by atoms with E-state index in [9.17, 15) is 15.0 Å². The SMILES string of the molecule is C=CCCC1=NC2C(O[C@H](CO)[C@@H](O)[C@@H]2O)S1.C=CCCC1=NC2C(O[C@H](COC(C)=O)[C@@H](C)[C@@H]2C)S1. The van der Waals surface area contributed by atoms with Crippen molar-refractivity contribution in [3.05, 3.63) is 25.3 Å². The molecule has 4 aliphatic heterocycles. The molecule has 11 heteroatoms. The summed E-state index contributed by atoms with van der Waals surface area (Å²) in [5.74, 6) is 0.513. The number of nitrogens with zero attached hydrogens (tertiary/aromatic N) is 2. The highest BCUT2D eigenvalue weighted by atomic mass is 32.2. The van der Waals surface area contributed by atoms with Crippen LogP contribution in [0.4, 0.5) is 0 Å². The van der Waals surface area contributed by atoms with Gasteiger partial charge in [0, 0.05) is 6.92 Å². The normalized spacial score (nSPS) is 38.3. The summed E-state index contributed by atoms with van der Waals surface area (Å²) < 4.78 is 16.7. The van der Waals surface area contributed by atoms with E-state index in [-0.39, 0.29) is 35.6 Å². The van der Waals surface area contributed by atoms with E-state index in [1.807, 2.05) is 12.2 Å². The monoisotopic (exact) mass is 556 g/mol. The Morgan fingerprint density at radius 2 is 1.49 bits per heavy atom. The fourth-order valence-electron chi connectivity index (χ4n) is 4.60. The summed E-state index contributed by atoms with van der Waals surface area (Å²) >= 11 is 3.18. The molecule has 0 saturated carbocycles. The number of aliphatic hydroxyl groups excluding tert-OH is 3. The number of ether oxygens (including phenoxy) is 3. The molecule has 0 radical (unpaired) electrons. The van der Waals surface area contributed by atoms with E-state index in [1.165, 1.54) is 18.7 Å². The molecule has 10 atom stereocenters. The van der Waals surface area contributed by atoms with E-state index in [4.69, 9.17) is 24.3 Å². The van der Waals surface area contributed by atoms with Gasteiger partial charge in [0.25, 0.3) is 0 Å². The van der Waals surface area contributed by atoms with Crippen molar-refractivity contribution in [1.29, 1.82) is 0 Å². The number of aliphatic hydroxyl groups is 3. The first-order valence-electron chi connectivity index (χ1n) is 12.8. The molecule has 4 unspecified atom stereocenters. The highest BCUT2D eigenvalue weighted by Crippen LogP contribution is 2.42.